The molecule has 0 saturated carbocycles. The van der Waals surface area contributed by atoms with Crippen molar-refractivity contribution >= 4 is 45.2 Å². The van der Waals surface area contributed by atoms with E-state index < -0.39 is 33.6 Å². The van der Waals surface area contributed by atoms with Crippen LogP contribution < -0.4 is 16.2 Å². The van der Waals surface area contributed by atoms with Crippen molar-refractivity contribution in [1.29, 1.82) is 0 Å². The molecule has 1 atom stereocenters. The number of likely N-dealkylation sites (N-methyl/N-ethyl adjacent to an activating group) is 1. The normalized spacial score (nSPS) is 15.7. The number of sulfonamides is 1. The smallest absolute Gasteiger partial charge is 0.253 e. The first kappa shape index (κ1) is 22.8. The van der Waals surface area contributed by atoms with E-state index in [-0.39, 0.29) is 17.2 Å². The zero-order chi connectivity index (χ0) is 22.6. The van der Waals surface area contributed by atoms with Crippen LogP contribution in [0.25, 0.3) is 0 Å². The maximum absolute atomic E-state index is 12.5. The molecule has 0 saturated heterocycles. The van der Waals surface area contributed by atoms with E-state index in [2.05, 4.69) is 16.2 Å². The Morgan fingerprint density at radius 1 is 1.06 bits per heavy atom. The van der Waals surface area contributed by atoms with Gasteiger partial charge in [0.15, 0.2) is 0 Å². The Morgan fingerprint density at radius 3 is 2.42 bits per heavy atom. The summed E-state index contributed by atoms with van der Waals surface area (Å²) in [6.07, 6.45) is -0.150. The van der Waals surface area contributed by atoms with Crippen LogP contribution in [0.4, 0.5) is 5.69 Å². The summed E-state index contributed by atoms with van der Waals surface area (Å²) in [5.74, 6) is -1.57. The molecule has 0 bridgehead atoms. The minimum atomic E-state index is -3.84. The first-order valence-corrected chi connectivity index (χ1v) is 11.7. The van der Waals surface area contributed by atoms with E-state index in [1.54, 1.807) is 24.3 Å². The van der Waals surface area contributed by atoms with Gasteiger partial charge in [0.05, 0.1) is 22.4 Å². The van der Waals surface area contributed by atoms with Crippen LogP contribution in [0.3, 0.4) is 0 Å². The third-order valence-electron chi connectivity index (χ3n) is 4.51. The number of carbonyl (C=O) groups excluding carboxylic acids is 3. The summed E-state index contributed by atoms with van der Waals surface area (Å²) in [4.78, 5) is 37.3. The fraction of sp³-hybridized carbons (Fsp3) is 0.250. The SMILES string of the molecule is Cc1ccc(S(=O)(=O)N(C)CC(=O)NNC(=O)C[C@@H]2Sc3ccccc3NC2=O)cc1. The second-order valence-electron chi connectivity index (χ2n) is 6.97. The molecule has 9 nitrogen and oxygen atoms in total. The number of hydrogen-bond acceptors (Lipinski definition) is 6. The molecule has 11 heteroatoms. The molecule has 1 heterocycles. The average Bonchev–Trinajstić information content (AvgIpc) is 2.73. The Kier molecular flexibility index (Phi) is 6.98. The van der Waals surface area contributed by atoms with E-state index >= 15 is 0 Å². The number of nitrogens with one attached hydrogen (secondary N) is 3. The van der Waals surface area contributed by atoms with Crippen LogP contribution >= 0.6 is 11.8 Å². The summed E-state index contributed by atoms with van der Waals surface area (Å²) >= 11 is 1.27. The van der Waals surface area contributed by atoms with Crippen molar-refractivity contribution in [1.82, 2.24) is 15.2 Å². The van der Waals surface area contributed by atoms with Crippen LogP contribution in [0.2, 0.25) is 0 Å². The number of rotatable bonds is 6. The molecule has 0 spiro atoms. The highest BCUT2D eigenvalue weighted by Gasteiger charge is 2.29. The first-order valence-electron chi connectivity index (χ1n) is 9.34. The van der Waals surface area contributed by atoms with Crippen molar-refractivity contribution in [3.8, 4) is 0 Å². The van der Waals surface area contributed by atoms with Crippen LogP contribution in [0, 0.1) is 6.92 Å². The fourth-order valence-electron chi connectivity index (χ4n) is 2.80. The van der Waals surface area contributed by atoms with Crippen LogP contribution in [0.15, 0.2) is 58.3 Å². The van der Waals surface area contributed by atoms with E-state index in [0.717, 1.165) is 14.8 Å². The first-order chi connectivity index (χ1) is 14.7. The van der Waals surface area contributed by atoms with Gasteiger partial charge in [-0.05, 0) is 31.2 Å². The Labute approximate surface area is 184 Å². The lowest BCUT2D eigenvalue weighted by atomic mass is 10.2. The second-order valence-corrected chi connectivity index (χ2v) is 10.3. The standard InChI is InChI=1S/C20H22N4O5S2/c1-13-7-9-14(10-8-13)31(28,29)24(2)12-19(26)23-22-18(25)11-17-20(27)21-15-5-3-4-6-16(15)30-17/h3-10,17H,11-12H2,1-2H3,(H,21,27)(H,22,25)(H,23,26)/t17-/m0/s1. The highest BCUT2D eigenvalue weighted by Crippen LogP contribution is 2.36. The zero-order valence-electron chi connectivity index (χ0n) is 16.9. The van der Waals surface area contributed by atoms with E-state index in [1.807, 2.05) is 19.1 Å². The highest BCUT2D eigenvalue weighted by molar-refractivity contribution is 8.01. The lowest BCUT2D eigenvalue weighted by Gasteiger charge is -2.23. The predicted octanol–water partition coefficient (Wildman–Crippen LogP) is 1.27. The Hall–Kier alpha value is -2.89. The van der Waals surface area contributed by atoms with Gasteiger partial charge in [0.25, 0.3) is 5.91 Å². The number of carbonyl (C=O) groups is 3. The Bertz CT molecular complexity index is 1100. The van der Waals surface area contributed by atoms with Gasteiger partial charge in [0.2, 0.25) is 21.8 Å². The van der Waals surface area contributed by atoms with Crippen molar-refractivity contribution in [2.45, 2.75) is 28.4 Å². The van der Waals surface area contributed by atoms with Crippen LogP contribution in [-0.4, -0.2) is 49.3 Å². The molecular formula is C20H22N4O5S2. The summed E-state index contributed by atoms with van der Waals surface area (Å²) < 4.78 is 25.9. The minimum absolute atomic E-state index is 0.0676. The van der Waals surface area contributed by atoms with E-state index in [0.29, 0.717) is 5.69 Å². The second kappa shape index (κ2) is 9.50. The largest absolute Gasteiger partial charge is 0.324 e. The molecular weight excluding hydrogens is 440 g/mol. The number of anilines is 1. The van der Waals surface area contributed by atoms with Gasteiger partial charge in [-0.25, -0.2) is 8.42 Å². The lowest BCUT2D eigenvalue weighted by molar-refractivity contribution is -0.129. The number of para-hydroxylation sites is 1. The molecule has 3 rings (SSSR count). The molecule has 164 valence electrons. The number of hydrogen-bond donors (Lipinski definition) is 3. The minimum Gasteiger partial charge on any atom is -0.324 e. The molecule has 1 aliphatic heterocycles. The van der Waals surface area contributed by atoms with E-state index in [4.69, 9.17) is 0 Å². The molecule has 1 aliphatic rings. The summed E-state index contributed by atoms with van der Waals surface area (Å²) in [5, 5.41) is 2.10. The van der Waals surface area contributed by atoms with Crippen molar-refractivity contribution in [3.63, 3.8) is 0 Å². The van der Waals surface area contributed by atoms with Gasteiger partial charge in [0.1, 0.15) is 0 Å². The molecule has 2 aromatic carbocycles. The van der Waals surface area contributed by atoms with Crippen molar-refractivity contribution in [3.05, 3.63) is 54.1 Å². The Balaban J connectivity index is 1.49. The number of fused-ring (bicyclic) bond motifs is 1. The lowest BCUT2D eigenvalue weighted by Crippen LogP contribution is -2.47. The molecule has 0 aromatic heterocycles. The highest BCUT2D eigenvalue weighted by atomic mass is 32.2. The average molecular weight is 463 g/mol. The van der Waals surface area contributed by atoms with Crippen molar-refractivity contribution in [2.24, 2.45) is 0 Å². The summed E-state index contributed by atoms with van der Waals surface area (Å²) in [6.45, 7) is 1.35. The number of hydrazine groups is 1. The summed E-state index contributed by atoms with van der Waals surface area (Å²) in [7, 11) is -2.57. The third kappa shape index (κ3) is 5.63. The van der Waals surface area contributed by atoms with Gasteiger partial charge in [0, 0.05) is 18.4 Å². The zero-order valence-corrected chi connectivity index (χ0v) is 18.5. The summed E-state index contributed by atoms with van der Waals surface area (Å²) in [5.41, 5.74) is 6.02. The molecule has 3 amide bonds. The number of amides is 3. The van der Waals surface area contributed by atoms with Crippen LogP contribution in [-0.2, 0) is 24.4 Å². The quantitative estimate of drug-likeness (QED) is 0.555. The van der Waals surface area contributed by atoms with Gasteiger partial charge >= 0.3 is 0 Å². The molecule has 3 N–H and O–H groups in total. The molecule has 0 aliphatic carbocycles. The molecule has 0 radical (unpaired) electrons. The Morgan fingerprint density at radius 2 is 1.71 bits per heavy atom. The van der Waals surface area contributed by atoms with Crippen molar-refractivity contribution in [2.75, 3.05) is 18.9 Å². The molecule has 0 fully saturated rings. The number of benzene rings is 2. The number of aryl methyl sites for hydroxylation is 1. The molecule has 0 unspecified atom stereocenters. The summed E-state index contributed by atoms with van der Waals surface area (Å²) in [6, 6.07) is 13.5. The number of nitrogens with zero attached hydrogens (tertiary/aromatic N) is 1. The number of thioether (sulfide) groups is 1. The van der Waals surface area contributed by atoms with Gasteiger partial charge in [-0.3, -0.25) is 25.2 Å². The van der Waals surface area contributed by atoms with Gasteiger partial charge in [-0.15, -0.1) is 11.8 Å². The van der Waals surface area contributed by atoms with Gasteiger partial charge in [-0.1, -0.05) is 29.8 Å². The fourth-order valence-corrected chi connectivity index (χ4v) is 5.04. The van der Waals surface area contributed by atoms with Gasteiger partial charge in [-0.2, -0.15) is 4.31 Å². The van der Waals surface area contributed by atoms with Gasteiger partial charge < -0.3 is 5.32 Å². The maximum Gasteiger partial charge on any atom is 0.253 e. The monoisotopic (exact) mass is 462 g/mol. The maximum atomic E-state index is 12.5. The topological polar surface area (TPSA) is 125 Å². The van der Waals surface area contributed by atoms with E-state index in [9.17, 15) is 22.8 Å². The molecule has 31 heavy (non-hydrogen) atoms. The molecule has 2 aromatic rings. The third-order valence-corrected chi connectivity index (χ3v) is 7.61. The van der Waals surface area contributed by atoms with E-state index in [1.165, 1.54) is 30.9 Å². The van der Waals surface area contributed by atoms with Crippen LogP contribution in [0.1, 0.15) is 12.0 Å². The van der Waals surface area contributed by atoms with Crippen molar-refractivity contribution < 1.29 is 22.8 Å². The van der Waals surface area contributed by atoms with Crippen LogP contribution in [0.5, 0.6) is 0 Å². The predicted molar refractivity (Wildman–Crippen MR) is 117 cm³/mol.